The molecule has 1 aliphatic rings. The molecule has 1 saturated heterocycles. The Morgan fingerprint density at radius 3 is 2.38 bits per heavy atom. The topological polar surface area (TPSA) is 120 Å². The fourth-order valence-electron chi connectivity index (χ4n) is 2.03. The van der Waals surface area contributed by atoms with E-state index in [4.69, 9.17) is 31.3 Å². The zero-order chi connectivity index (χ0) is 15.6. The first-order chi connectivity index (χ1) is 9.97. The largest absolute Gasteiger partial charge is 0.462 e. The lowest BCUT2D eigenvalue weighted by atomic mass is 9.99. The molecule has 1 aromatic carbocycles. The summed E-state index contributed by atoms with van der Waals surface area (Å²) in [5.41, 5.74) is 0.512. The molecule has 21 heavy (non-hydrogen) atoms. The predicted octanol–water partition coefficient (Wildman–Crippen LogP) is -0.989. The van der Waals surface area contributed by atoms with Crippen LogP contribution in [-0.4, -0.2) is 62.8 Å². The van der Waals surface area contributed by atoms with Crippen LogP contribution in [0.25, 0.3) is 0 Å². The molecule has 0 spiro atoms. The average Bonchev–Trinajstić information content (AvgIpc) is 2.48. The van der Waals surface area contributed by atoms with Crippen molar-refractivity contribution in [2.75, 3.05) is 6.61 Å². The smallest absolute Gasteiger partial charge is 0.229 e. The molecular formula is C13H17ClO7. The SMILES string of the molecule is OCc1ccc(O[C@@H]2O[C@H](CO)[C@@H](O)[C@H](O)[C@H]2O)cc1Cl. The molecule has 0 aromatic heterocycles. The number of hydrogen-bond donors (Lipinski definition) is 5. The van der Waals surface area contributed by atoms with Crippen molar-refractivity contribution in [1.29, 1.82) is 0 Å². The zero-order valence-corrected chi connectivity index (χ0v) is 11.7. The Kier molecular flexibility index (Phi) is 5.39. The second-order valence-electron chi connectivity index (χ2n) is 4.73. The molecule has 5 atom stereocenters. The van der Waals surface area contributed by atoms with Gasteiger partial charge in [0.25, 0.3) is 0 Å². The summed E-state index contributed by atoms with van der Waals surface area (Å²) >= 11 is 5.92. The van der Waals surface area contributed by atoms with Gasteiger partial charge in [-0.05, 0) is 17.7 Å². The van der Waals surface area contributed by atoms with Crippen molar-refractivity contribution in [3.8, 4) is 5.75 Å². The van der Waals surface area contributed by atoms with Crippen LogP contribution in [0.5, 0.6) is 5.75 Å². The van der Waals surface area contributed by atoms with Gasteiger partial charge in [-0.2, -0.15) is 0 Å². The van der Waals surface area contributed by atoms with Gasteiger partial charge < -0.3 is 35.0 Å². The van der Waals surface area contributed by atoms with E-state index in [9.17, 15) is 15.3 Å². The van der Waals surface area contributed by atoms with Gasteiger partial charge in [0.05, 0.1) is 13.2 Å². The Balaban J connectivity index is 2.12. The van der Waals surface area contributed by atoms with Crippen LogP contribution in [-0.2, 0) is 11.3 Å². The number of benzene rings is 1. The molecule has 2 rings (SSSR count). The Morgan fingerprint density at radius 1 is 1.10 bits per heavy atom. The van der Waals surface area contributed by atoms with Crippen molar-refractivity contribution in [1.82, 2.24) is 0 Å². The molecule has 0 radical (unpaired) electrons. The van der Waals surface area contributed by atoms with Crippen LogP contribution in [0.15, 0.2) is 18.2 Å². The van der Waals surface area contributed by atoms with Crippen molar-refractivity contribution in [2.24, 2.45) is 0 Å². The highest BCUT2D eigenvalue weighted by Gasteiger charge is 2.44. The number of ether oxygens (including phenoxy) is 2. The molecule has 1 aromatic rings. The van der Waals surface area contributed by atoms with Crippen molar-refractivity contribution in [3.63, 3.8) is 0 Å². The minimum Gasteiger partial charge on any atom is -0.462 e. The molecule has 118 valence electrons. The number of rotatable bonds is 4. The average molecular weight is 321 g/mol. The molecule has 0 saturated carbocycles. The summed E-state index contributed by atoms with van der Waals surface area (Å²) in [6, 6.07) is 4.48. The number of aliphatic hydroxyl groups is 5. The van der Waals surface area contributed by atoms with E-state index in [2.05, 4.69) is 0 Å². The summed E-state index contributed by atoms with van der Waals surface area (Å²) in [4.78, 5) is 0. The van der Waals surface area contributed by atoms with Gasteiger partial charge in [-0.3, -0.25) is 0 Å². The van der Waals surface area contributed by atoms with Crippen molar-refractivity contribution in [2.45, 2.75) is 37.3 Å². The van der Waals surface area contributed by atoms with Crippen molar-refractivity contribution in [3.05, 3.63) is 28.8 Å². The third-order valence-electron chi connectivity index (χ3n) is 3.30. The van der Waals surface area contributed by atoms with E-state index < -0.39 is 37.3 Å². The quantitative estimate of drug-likeness (QED) is 0.483. The molecule has 1 aliphatic heterocycles. The summed E-state index contributed by atoms with van der Waals surface area (Å²) in [5.74, 6) is 0.251. The summed E-state index contributed by atoms with van der Waals surface area (Å²) in [7, 11) is 0. The van der Waals surface area contributed by atoms with E-state index in [-0.39, 0.29) is 17.4 Å². The standard InChI is InChI=1S/C13H17ClO7/c14-8-3-7(2-1-6(8)4-15)20-13-12(19)11(18)10(17)9(5-16)21-13/h1-3,9-13,15-19H,4-5H2/t9-,10-,11+,12-,13-/m1/s1. The minimum absolute atomic E-state index is 0.223. The first-order valence-electron chi connectivity index (χ1n) is 6.34. The zero-order valence-electron chi connectivity index (χ0n) is 11.0. The van der Waals surface area contributed by atoms with Crippen molar-refractivity contribution >= 4 is 11.6 Å². The number of halogens is 1. The van der Waals surface area contributed by atoms with Gasteiger partial charge in [-0.25, -0.2) is 0 Å². The Bertz CT molecular complexity index is 482. The van der Waals surface area contributed by atoms with E-state index in [0.717, 1.165) is 0 Å². The fraction of sp³-hybridized carbons (Fsp3) is 0.538. The Morgan fingerprint density at radius 2 is 1.81 bits per heavy atom. The van der Waals surface area contributed by atoms with Crippen LogP contribution in [0.2, 0.25) is 5.02 Å². The molecule has 0 bridgehead atoms. The third kappa shape index (κ3) is 3.46. The van der Waals surface area contributed by atoms with Gasteiger partial charge in [0.15, 0.2) is 0 Å². The maximum atomic E-state index is 9.84. The van der Waals surface area contributed by atoms with Crippen LogP contribution in [0, 0.1) is 0 Å². The van der Waals surface area contributed by atoms with E-state index in [1.54, 1.807) is 6.07 Å². The lowest BCUT2D eigenvalue weighted by Crippen LogP contribution is -2.60. The highest BCUT2D eigenvalue weighted by atomic mass is 35.5. The van der Waals surface area contributed by atoms with Gasteiger partial charge >= 0.3 is 0 Å². The lowest BCUT2D eigenvalue weighted by Gasteiger charge is -2.39. The van der Waals surface area contributed by atoms with Crippen LogP contribution >= 0.6 is 11.6 Å². The Labute approximate surface area is 125 Å². The molecule has 1 heterocycles. The monoisotopic (exact) mass is 320 g/mol. The van der Waals surface area contributed by atoms with E-state index in [0.29, 0.717) is 5.56 Å². The highest BCUT2D eigenvalue weighted by Crippen LogP contribution is 2.27. The lowest BCUT2D eigenvalue weighted by molar-refractivity contribution is -0.277. The fourth-order valence-corrected chi connectivity index (χ4v) is 2.26. The molecule has 0 aliphatic carbocycles. The molecule has 5 N–H and O–H groups in total. The second kappa shape index (κ2) is 6.89. The molecular weight excluding hydrogens is 304 g/mol. The first kappa shape index (κ1) is 16.4. The summed E-state index contributed by atoms with van der Waals surface area (Å²) in [6.07, 6.45) is -6.74. The highest BCUT2D eigenvalue weighted by molar-refractivity contribution is 6.31. The second-order valence-corrected chi connectivity index (χ2v) is 5.13. The van der Waals surface area contributed by atoms with E-state index in [1.807, 2.05) is 0 Å². The normalized spacial score (nSPS) is 33.0. The maximum Gasteiger partial charge on any atom is 0.229 e. The van der Waals surface area contributed by atoms with Gasteiger partial charge in [0, 0.05) is 5.02 Å². The molecule has 0 unspecified atom stereocenters. The van der Waals surface area contributed by atoms with E-state index >= 15 is 0 Å². The van der Waals surface area contributed by atoms with Gasteiger partial charge in [0.1, 0.15) is 30.2 Å². The van der Waals surface area contributed by atoms with E-state index in [1.165, 1.54) is 12.1 Å². The van der Waals surface area contributed by atoms with Gasteiger partial charge in [-0.15, -0.1) is 0 Å². The summed E-state index contributed by atoms with van der Waals surface area (Å²) in [5, 5.41) is 47.5. The summed E-state index contributed by atoms with van der Waals surface area (Å²) in [6.45, 7) is -0.756. The summed E-state index contributed by atoms with van der Waals surface area (Å²) < 4.78 is 10.6. The first-order valence-corrected chi connectivity index (χ1v) is 6.72. The molecule has 7 nitrogen and oxygen atoms in total. The van der Waals surface area contributed by atoms with Crippen molar-refractivity contribution < 1.29 is 35.0 Å². The number of aliphatic hydroxyl groups excluding tert-OH is 5. The van der Waals surface area contributed by atoms with Gasteiger partial charge in [0.2, 0.25) is 6.29 Å². The molecule has 0 amide bonds. The Hall–Kier alpha value is -0.930. The van der Waals surface area contributed by atoms with Crippen LogP contribution in [0.3, 0.4) is 0 Å². The third-order valence-corrected chi connectivity index (χ3v) is 3.65. The van der Waals surface area contributed by atoms with Gasteiger partial charge in [-0.1, -0.05) is 17.7 Å². The van der Waals surface area contributed by atoms with Crippen LogP contribution < -0.4 is 4.74 Å². The molecule has 8 heteroatoms. The van der Waals surface area contributed by atoms with Crippen LogP contribution in [0.1, 0.15) is 5.56 Å². The maximum absolute atomic E-state index is 9.84. The number of hydrogen-bond acceptors (Lipinski definition) is 7. The van der Waals surface area contributed by atoms with Crippen LogP contribution in [0.4, 0.5) is 0 Å². The minimum atomic E-state index is -1.51. The predicted molar refractivity (Wildman–Crippen MR) is 71.8 cm³/mol. The molecule has 1 fully saturated rings.